The van der Waals surface area contributed by atoms with Crippen LogP contribution in [-0.2, 0) is 0 Å². The van der Waals surface area contributed by atoms with Crippen molar-refractivity contribution in [2.45, 2.75) is 25.8 Å². The number of anilines is 3. The lowest BCUT2D eigenvalue weighted by Gasteiger charge is -2.27. The fourth-order valence-corrected chi connectivity index (χ4v) is 2.97. The molecule has 1 aromatic carbocycles. The van der Waals surface area contributed by atoms with Gasteiger partial charge in [-0.1, -0.05) is 31.5 Å². The SMILES string of the molecule is CCCCOc1ccccc1C1N=C(NC#N)Nc2nc(N)c(C#N)c(N)c21. The fraction of sp³-hybridized carbons (Fsp3) is 0.263. The van der Waals surface area contributed by atoms with Gasteiger partial charge in [0.15, 0.2) is 6.19 Å². The normalized spacial score (nSPS) is 14.7. The quantitative estimate of drug-likeness (QED) is 0.351. The molecule has 9 nitrogen and oxygen atoms in total. The Balaban J connectivity index is 2.16. The number of aromatic nitrogens is 1. The first kappa shape index (κ1) is 18.8. The lowest BCUT2D eigenvalue weighted by molar-refractivity contribution is 0.305. The minimum Gasteiger partial charge on any atom is -0.493 e. The van der Waals surface area contributed by atoms with Crippen LogP contribution < -0.4 is 26.8 Å². The van der Waals surface area contributed by atoms with E-state index in [1.165, 1.54) is 0 Å². The van der Waals surface area contributed by atoms with Gasteiger partial charge in [0.2, 0.25) is 5.96 Å². The van der Waals surface area contributed by atoms with Gasteiger partial charge in [0.05, 0.1) is 12.3 Å². The van der Waals surface area contributed by atoms with E-state index in [9.17, 15) is 5.26 Å². The molecule has 0 fully saturated rings. The van der Waals surface area contributed by atoms with E-state index in [1.807, 2.05) is 36.5 Å². The Kier molecular flexibility index (Phi) is 5.47. The van der Waals surface area contributed by atoms with Crippen molar-refractivity contribution in [2.24, 2.45) is 4.99 Å². The first-order chi connectivity index (χ1) is 13.6. The number of nitrogen functional groups attached to an aromatic ring is 2. The molecule has 0 radical (unpaired) electrons. The number of fused-ring (bicyclic) bond motifs is 1. The number of benzene rings is 1. The number of hydrogen-bond acceptors (Lipinski definition) is 9. The second kappa shape index (κ2) is 8.14. The smallest absolute Gasteiger partial charge is 0.211 e. The van der Waals surface area contributed by atoms with Crippen molar-refractivity contribution in [1.29, 1.82) is 10.5 Å². The van der Waals surface area contributed by atoms with Crippen molar-refractivity contribution in [2.75, 3.05) is 23.4 Å². The average Bonchev–Trinajstić information content (AvgIpc) is 2.68. The molecule has 2 heterocycles. The molecule has 9 heteroatoms. The summed E-state index contributed by atoms with van der Waals surface area (Å²) in [4.78, 5) is 8.81. The van der Waals surface area contributed by atoms with Gasteiger partial charge in [-0.2, -0.15) is 10.5 Å². The van der Waals surface area contributed by atoms with Gasteiger partial charge in [-0.05, 0) is 12.5 Å². The first-order valence-electron chi connectivity index (χ1n) is 8.81. The van der Waals surface area contributed by atoms with E-state index >= 15 is 0 Å². The lowest BCUT2D eigenvalue weighted by atomic mass is 9.94. The summed E-state index contributed by atoms with van der Waals surface area (Å²) in [5.74, 6) is 1.22. The van der Waals surface area contributed by atoms with Crippen LogP contribution in [0.2, 0.25) is 0 Å². The van der Waals surface area contributed by atoms with Crippen LogP contribution in [-0.4, -0.2) is 17.6 Å². The van der Waals surface area contributed by atoms with E-state index in [-0.39, 0.29) is 23.0 Å². The maximum atomic E-state index is 9.41. The van der Waals surface area contributed by atoms with Crippen molar-refractivity contribution in [3.63, 3.8) is 0 Å². The zero-order chi connectivity index (χ0) is 20.1. The second-order valence-corrected chi connectivity index (χ2v) is 6.14. The molecule has 1 unspecified atom stereocenters. The van der Waals surface area contributed by atoms with E-state index in [0.717, 1.165) is 18.4 Å². The van der Waals surface area contributed by atoms with E-state index in [1.54, 1.807) is 0 Å². The van der Waals surface area contributed by atoms with Crippen molar-refractivity contribution in [3.8, 4) is 18.0 Å². The summed E-state index contributed by atoms with van der Waals surface area (Å²) in [6, 6.07) is 8.83. The topological polar surface area (TPSA) is 158 Å². The van der Waals surface area contributed by atoms with Gasteiger partial charge in [0, 0.05) is 11.1 Å². The van der Waals surface area contributed by atoms with Crippen molar-refractivity contribution >= 4 is 23.3 Å². The average molecular weight is 376 g/mol. The Morgan fingerprint density at radius 2 is 2.07 bits per heavy atom. The molecule has 0 amide bonds. The van der Waals surface area contributed by atoms with Crippen LogP contribution in [0.4, 0.5) is 17.3 Å². The predicted molar refractivity (Wildman–Crippen MR) is 106 cm³/mol. The van der Waals surface area contributed by atoms with Crippen LogP contribution in [0.15, 0.2) is 29.3 Å². The summed E-state index contributed by atoms with van der Waals surface area (Å²) in [7, 11) is 0. The minimum absolute atomic E-state index is 0.00990. The highest BCUT2D eigenvalue weighted by Crippen LogP contribution is 2.43. The molecule has 0 bridgehead atoms. The summed E-state index contributed by atoms with van der Waals surface area (Å²) in [5.41, 5.74) is 13.7. The van der Waals surface area contributed by atoms with Gasteiger partial charge < -0.3 is 21.5 Å². The number of rotatable bonds is 5. The standard InChI is InChI=1S/C19H20N8O/c1-2-3-8-28-13-7-5-4-6-11(13)16-14-15(22)12(9-20)17(23)26-18(14)27-19(25-16)24-10-21/h4-7,16H,2-3,8H2,1H3,(H6,22,23,24,25,26,27). The zero-order valence-corrected chi connectivity index (χ0v) is 15.4. The maximum Gasteiger partial charge on any atom is 0.211 e. The van der Waals surface area contributed by atoms with E-state index < -0.39 is 6.04 Å². The van der Waals surface area contributed by atoms with Gasteiger partial charge in [0.1, 0.15) is 35.1 Å². The molecule has 1 aromatic heterocycles. The first-order valence-corrected chi connectivity index (χ1v) is 8.81. The summed E-state index contributed by atoms with van der Waals surface area (Å²) >= 11 is 0. The molecule has 0 saturated heterocycles. The number of unbranched alkanes of at least 4 members (excludes halogenated alkanes) is 1. The molecule has 3 rings (SSSR count). The van der Waals surface area contributed by atoms with Gasteiger partial charge in [-0.15, -0.1) is 0 Å². The molecule has 0 spiro atoms. The monoisotopic (exact) mass is 376 g/mol. The van der Waals surface area contributed by atoms with Crippen LogP contribution in [0.1, 0.15) is 42.5 Å². The number of pyridine rings is 1. The van der Waals surface area contributed by atoms with Crippen molar-refractivity contribution < 1.29 is 4.74 Å². The third-order valence-corrected chi connectivity index (χ3v) is 4.33. The Morgan fingerprint density at radius 1 is 1.29 bits per heavy atom. The number of guanidine groups is 1. The molecule has 0 aliphatic carbocycles. The number of aliphatic imine (C=N–C) groups is 1. The number of nitriles is 2. The van der Waals surface area contributed by atoms with E-state index in [2.05, 4.69) is 27.5 Å². The van der Waals surface area contributed by atoms with Crippen molar-refractivity contribution in [1.82, 2.24) is 10.3 Å². The number of nitrogens with one attached hydrogen (secondary N) is 2. The van der Waals surface area contributed by atoms with Gasteiger partial charge in [-0.3, -0.25) is 5.32 Å². The van der Waals surface area contributed by atoms with Crippen molar-refractivity contribution in [3.05, 3.63) is 41.0 Å². The van der Waals surface area contributed by atoms with Gasteiger partial charge in [0.25, 0.3) is 0 Å². The van der Waals surface area contributed by atoms with Gasteiger partial charge >= 0.3 is 0 Å². The van der Waals surface area contributed by atoms with E-state index in [0.29, 0.717) is 23.7 Å². The fourth-order valence-electron chi connectivity index (χ4n) is 2.97. The molecule has 0 saturated carbocycles. The largest absolute Gasteiger partial charge is 0.493 e. The Labute approximate surface area is 162 Å². The Bertz CT molecular complexity index is 1000. The summed E-state index contributed by atoms with van der Waals surface area (Å²) < 4.78 is 5.94. The molecule has 1 atom stereocenters. The number of ether oxygens (including phenoxy) is 1. The second-order valence-electron chi connectivity index (χ2n) is 6.14. The van der Waals surface area contributed by atoms with Crippen LogP contribution >= 0.6 is 0 Å². The number of para-hydroxylation sites is 1. The molecule has 6 N–H and O–H groups in total. The van der Waals surface area contributed by atoms with Gasteiger partial charge in [-0.25, -0.2) is 9.98 Å². The molecule has 2 aromatic rings. The summed E-state index contributed by atoms with van der Waals surface area (Å²) in [6.45, 7) is 2.65. The van der Waals surface area contributed by atoms with Crippen LogP contribution in [0.5, 0.6) is 5.75 Å². The number of hydrogen-bond donors (Lipinski definition) is 4. The van der Waals surface area contributed by atoms with Crippen LogP contribution in [0, 0.1) is 22.8 Å². The third-order valence-electron chi connectivity index (χ3n) is 4.33. The Morgan fingerprint density at radius 3 is 2.79 bits per heavy atom. The molecule has 28 heavy (non-hydrogen) atoms. The zero-order valence-electron chi connectivity index (χ0n) is 15.4. The highest BCUT2D eigenvalue weighted by molar-refractivity contribution is 5.98. The number of nitrogens with zero attached hydrogens (tertiary/aromatic N) is 4. The summed E-state index contributed by atoms with van der Waals surface area (Å²) in [5, 5.41) is 23.8. The minimum atomic E-state index is -0.620. The van der Waals surface area contributed by atoms with Crippen LogP contribution in [0.3, 0.4) is 0 Å². The molecular weight excluding hydrogens is 356 g/mol. The highest BCUT2D eigenvalue weighted by atomic mass is 16.5. The Hall–Kier alpha value is -3.98. The summed E-state index contributed by atoms with van der Waals surface area (Å²) in [6.07, 6.45) is 3.76. The van der Waals surface area contributed by atoms with E-state index in [4.69, 9.17) is 21.5 Å². The lowest BCUT2D eigenvalue weighted by Crippen LogP contribution is -2.32. The van der Waals surface area contributed by atoms with Crippen LogP contribution in [0.25, 0.3) is 0 Å². The third kappa shape index (κ3) is 3.46. The molecule has 1 aliphatic heterocycles. The highest BCUT2D eigenvalue weighted by Gasteiger charge is 2.31. The maximum absolute atomic E-state index is 9.41. The molecule has 142 valence electrons. The molecule has 1 aliphatic rings. The predicted octanol–water partition coefficient (Wildman–Crippen LogP) is 2.24. The number of nitrogens with two attached hydrogens (primary N) is 2. The molecular formula is C19H20N8O.